The molecule has 0 saturated heterocycles. The molecular weight excluding hydrogens is 198 g/mol. The van der Waals surface area contributed by atoms with Crippen LogP contribution in [0.15, 0.2) is 0 Å². The number of hydrogen-bond acceptors (Lipinski definition) is 2. The summed E-state index contributed by atoms with van der Waals surface area (Å²) >= 11 is 0. The molecule has 0 atom stereocenters. The summed E-state index contributed by atoms with van der Waals surface area (Å²) in [5, 5.41) is 0. The van der Waals surface area contributed by atoms with Gasteiger partial charge < -0.3 is 36.6 Å². The molecule has 0 aliphatic rings. The van der Waals surface area contributed by atoms with E-state index in [9.17, 15) is 0 Å². The van der Waals surface area contributed by atoms with Gasteiger partial charge in [-0.05, 0) is 0 Å². The fraction of sp³-hybridized carbons (Fsp3) is 0. The molecule has 64 valence electrons. The standard InChI is InChI=1S/K.H3O4P.4H2O/c;1-5(2,3)4;;;;/h;(H3,1,2,3,4);4*1H2/q+1;;;;;/p-1. The summed E-state index contributed by atoms with van der Waals surface area (Å²) in [5.41, 5.74) is 0. The maximum atomic E-state index is 8.77. The smallest absolute Gasteiger partial charge is 0.756 e. The molecule has 0 aromatic rings. The van der Waals surface area contributed by atoms with Gasteiger partial charge in [-0.3, -0.25) is 4.57 Å². The maximum Gasteiger partial charge on any atom is 1.00 e. The molecule has 0 saturated carbocycles. The van der Waals surface area contributed by atoms with Crippen molar-refractivity contribution in [3.63, 3.8) is 0 Å². The molecule has 0 unspecified atom stereocenters. The molecule has 10 heavy (non-hydrogen) atoms. The van der Waals surface area contributed by atoms with Crippen molar-refractivity contribution in [1.82, 2.24) is 0 Å². The summed E-state index contributed by atoms with van der Waals surface area (Å²) in [6.07, 6.45) is 0. The fourth-order valence-electron chi connectivity index (χ4n) is 0. The Hall–Kier alpha value is 1.59. The Balaban J connectivity index is -0.00000000800. The van der Waals surface area contributed by atoms with Gasteiger partial charge in [-0.25, -0.2) is 0 Å². The monoisotopic (exact) mass is 208 g/mol. The zero-order valence-corrected chi connectivity index (χ0v) is 9.18. The Morgan fingerprint density at radius 2 is 1.00 bits per heavy atom. The van der Waals surface area contributed by atoms with Crippen molar-refractivity contribution < 1.29 is 92.5 Å². The molecule has 0 fully saturated rings. The summed E-state index contributed by atoms with van der Waals surface area (Å²) < 4.78 is 8.77. The van der Waals surface area contributed by atoms with E-state index in [-0.39, 0.29) is 73.3 Å². The molecule has 0 aromatic carbocycles. The third-order valence-corrected chi connectivity index (χ3v) is 0. The van der Waals surface area contributed by atoms with Crippen LogP contribution >= 0.6 is 7.82 Å². The molecule has 0 aliphatic heterocycles. The SMILES string of the molecule is O.O.O.O.O=P([O-])(O)O.[K+]. The van der Waals surface area contributed by atoms with Crippen molar-refractivity contribution >= 4 is 7.82 Å². The Bertz CT molecular complexity index is 55.4. The first-order valence-corrected chi connectivity index (χ1v) is 2.30. The van der Waals surface area contributed by atoms with Gasteiger partial charge in [0.05, 0.1) is 0 Å². The minimum absolute atomic E-state index is 0. The van der Waals surface area contributed by atoms with Crippen LogP contribution in [0, 0.1) is 0 Å². The molecule has 8 nitrogen and oxygen atoms in total. The summed E-state index contributed by atoms with van der Waals surface area (Å²) in [7, 11) is -4.89. The number of hydrogen-bond donors (Lipinski definition) is 2. The average molecular weight is 208 g/mol. The second kappa shape index (κ2) is 16.9. The van der Waals surface area contributed by atoms with Crippen molar-refractivity contribution in [2.75, 3.05) is 0 Å². The minimum Gasteiger partial charge on any atom is -0.756 e. The quantitative estimate of drug-likeness (QED) is 0.293. The third kappa shape index (κ3) is 281. The molecule has 0 spiro atoms. The second-order valence-corrected chi connectivity index (χ2v) is 1.47. The van der Waals surface area contributed by atoms with Gasteiger partial charge in [-0.15, -0.1) is 0 Å². The van der Waals surface area contributed by atoms with Crippen LogP contribution in [0.1, 0.15) is 0 Å². The molecule has 0 aromatic heterocycles. The van der Waals surface area contributed by atoms with Gasteiger partial charge in [0.25, 0.3) is 7.82 Å². The van der Waals surface area contributed by atoms with Crippen molar-refractivity contribution in [3.8, 4) is 0 Å². The average Bonchev–Trinajstić information content (AvgIpc) is 0.722. The van der Waals surface area contributed by atoms with Gasteiger partial charge in [0.15, 0.2) is 0 Å². The Morgan fingerprint density at radius 3 is 1.00 bits per heavy atom. The van der Waals surface area contributed by atoms with Crippen LogP contribution in [0.5, 0.6) is 0 Å². The topological polar surface area (TPSA) is 207 Å². The predicted octanol–water partition coefficient (Wildman–Crippen LogP) is -7.86. The van der Waals surface area contributed by atoms with Gasteiger partial charge >= 0.3 is 51.4 Å². The van der Waals surface area contributed by atoms with Gasteiger partial charge in [0, 0.05) is 0 Å². The van der Waals surface area contributed by atoms with E-state index in [1.54, 1.807) is 0 Å². The molecule has 0 aliphatic carbocycles. The normalized spacial score (nSPS) is 5.90. The van der Waals surface area contributed by atoms with Crippen molar-refractivity contribution in [3.05, 3.63) is 0 Å². The zero-order valence-electron chi connectivity index (χ0n) is 5.16. The largest absolute Gasteiger partial charge is 1.00 e. The van der Waals surface area contributed by atoms with Gasteiger partial charge in [-0.2, -0.15) is 0 Å². The fourth-order valence-corrected chi connectivity index (χ4v) is 0. The molecule has 0 bridgehead atoms. The van der Waals surface area contributed by atoms with E-state index in [4.69, 9.17) is 19.2 Å². The number of rotatable bonds is 0. The van der Waals surface area contributed by atoms with E-state index in [2.05, 4.69) is 0 Å². The van der Waals surface area contributed by atoms with Gasteiger partial charge in [0.2, 0.25) is 0 Å². The van der Waals surface area contributed by atoms with Crippen molar-refractivity contribution in [2.24, 2.45) is 0 Å². The van der Waals surface area contributed by atoms with E-state index in [0.29, 0.717) is 0 Å². The zero-order chi connectivity index (χ0) is 4.50. The van der Waals surface area contributed by atoms with Crippen LogP contribution in [-0.2, 0) is 4.57 Å². The van der Waals surface area contributed by atoms with Gasteiger partial charge in [-0.1, -0.05) is 0 Å². The Kier molecular flexibility index (Phi) is 70.3. The molecule has 0 heterocycles. The molecule has 0 radical (unpaired) electrons. The summed E-state index contributed by atoms with van der Waals surface area (Å²) in [4.78, 5) is 22.9. The maximum absolute atomic E-state index is 8.77. The Morgan fingerprint density at radius 1 is 1.00 bits per heavy atom. The van der Waals surface area contributed by atoms with Crippen LogP contribution in [0.2, 0.25) is 0 Å². The Labute approximate surface area is 99.2 Å². The summed E-state index contributed by atoms with van der Waals surface area (Å²) in [6.45, 7) is 0. The summed E-state index contributed by atoms with van der Waals surface area (Å²) in [6, 6.07) is 0. The van der Waals surface area contributed by atoms with Crippen LogP contribution in [-0.4, -0.2) is 31.7 Å². The van der Waals surface area contributed by atoms with E-state index in [1.807, 2.05) is 0 Å². The van der Waals surface area contributed by atoms with Crippen LogP contribution in [0.3, 0.4) is 0 Å². The van der Waals surface area contributed by atoms with Crippen LogP contribution < -0.4 is 56.3 Å². The van der Waals surface area contributed by atoms with Crippen molar-refractivity contribution in [1.29, 1.82) is 0 Å². The molecule has 10 heteroatoms. The predicted molar refractivity (Wildman–Crippen MR) is 26.5 cm³/mol. The van der Waals surface area contributed by atoms with Crippen LogP contribution in [0.4, 0.5) is 0 Å². The van der Waals surface area contributed by atoms with E-state index in [0.717, 1.165) is 0 Å². The van der Waals surface area contributed by atoms with Crippen molar-refractivity contribution in [2.45, 2.75) is 0 Å². The first-order valence-electron chi connectivity index (χ1n) is 0.765. The first-order chi connectivity index (χ1) is 2.00. The van der Waals surface area contributed by atoms with E-state index >= 15 is 0 Å². The van der Waals surface area contributed by atoms with E-state index in [1.165, 1.54) is 0 Å². The summed E-state index contributed by atoms with van der Waals surface area (Å²) in [5.74, 6) is 0. The molecule has 0 rings (SSSR count). The molecular formula is H10KO8P. The molecule has 10 N–H and O–H groups in total. The first kappa shape index (κ1) is 41.6. The van der Waals surface area contributed by atoms with Crippen LogP contribution in [0.25, 0.3) is 0 Å². The minimum atomic E-state index is -4.89. The van der Waals surface area contributed by atoms with E-state index < -0.39 is 7.82 Å². The molecule has 0 amide bonds. The second-order valence-electron chi connectivity index (χ2n) is 0.491. The third-order valence-electron chi connectivity index (χ3n) is 0. The number of phosphoric acid groups is 1. The van der Waals surface area contributed by atoms with Gasteiger partial charge in [0.1, 0.15) is 0 Å².